The van der Waals surface area contributed by atoms with Gasteiger partial charge < -0.3 is 10.5 Å². The highest BCUT2D eigenvalue weighted by atomic mass is 16.5. The second-order valence-corrected chi connectivity index (χ2v) is 6.62. The Morgan fingerprint density at radius 3 is 2.65 bits per heavy atom. The topological polar surface area (TPSA) is 74.6 Å². The lowest BCUT2D eigenvalue weighted by Crippen LogP contribution is -2.50. The van der Waals surface area contributed by atoms with Crippen LogP contribution in [0.25, 0.3) is 0 Å². The van der Waals surface area contributed by atoms with Crippen LogP contribution in [-0.4, -0.2) is 11.9 Å². The number of benzene rings is 1. The highest BCUT2D eigenvalue weighted by Crippen LogP contribution is 2.56. The summed E-state index contributed by atoms with van der Waals surface area (Å²) < 4.78 is 5.98. The Hall–Kier alpha value is -2.48. The predicted octanol–water partition coefficient (Wildman–Crippen LogP) is 3.11. The largest absolute Gasteiger partial charge is 0.452 e. The van der Waals surface area contributed by atoms with Crippen molar-refractivity contribution in [2.75, 3.05) is 5.01 Å². The normalized spacial score (nSPS) is 28.3. The molecule has 3 aliphatic rings. The summed E-state index contributed by atoms with van der Waals surface area (Å²) in [6.07, 6.45) is 3.96. The van der Waals surface area contributed by atoms with Crippen LogP contribution >= 0.6 is 0 Å². The van der Waals surface area contributed by atoms with Gasteiger partial charge in [-0.3, -0.25) is 0 Å². The molecule has 2 atom stereocenters. The van der Waals surface area contributed by atoms with E-state index in [0.717, 1.165) is 37.1 Å². The van der Waals surface area contributed by atoms with Crippen LogP contribution in [0.5, 0.6) is 0 Å². The summed E-state index contributed by atoms with van der Waals surface area (Å²) in [4.78, 5) is 0. The molecule has 2 aliphatic heterocycles. The van der Waals surface area contributed by atoms with Crippen molar-refractivity contribution in [1.29, 1.82) is 5.26 Å². The molecule has 5 heteroatoms. The first kappa shape index (κ1) is 14.1. The molecule has 1 saturated carbocycles. The van der Waals surface area contributed by atoms with Crippen LogP contribution in [0.1, 0.15) is 32.6 Å². The Morgan fingerprint density at radius 1 is 1.30 bits per heavy atom. The van der Waals surface area contributed by atoms with Crippen molar-refractivity contribution in [3.05, 3.63) is 41.8 Å². The Balaban J connectivity index is 1.82. The summed E-state index contributed by atoms with van der Waals surface area (Å²) in [6.45, 7) is 2.04. The minimum absolute atomic E-state index is 0.0900. The van der Waals surface area contributed by atoms with Crippen molar-refractivity contribution >= 4 is 11.4 Å². The SMILES string of the molecule is CC1=NN(c2ccccc2)C2OC(N)=C(C#N)C3(CCCC3)C12. The number of nitrogens with two attached hydrogens (primary N) is 1. The van der Waals surface area contributed by atoms with Crippen molar-refractivity contribution in [3.63, 3.8) is 0 Å². The van der Waals surface area contributed by atoms with Crippen LogP contribution in [0.4, 0.5) is 5.69 Å². The summed E-state index contributed by atoms with van der Waals surface area (Å²) in [7, 11) is 0. The monoisotopic (exact) mass is 308 g/mol. The predicted molar refractivity (Wildman–Crippen MR) is 88.1 cm³/mol. The first-order valence-electron chi connectivity index (χ1n) is 8.14. The summed E-state index contributed by atoms with van der Waals surface area (Å²) >= 11 is 0. The molecular formula is C18H20N4O. The standard InChI is InChI=1S/C18H20N4O/c1-12-15-17(22(21-12)13-7-3-2-4-8-13)23-16(20)14(11-19)18(15)9-5-6-10-18/h2-4,7-8,15,17H,5-6,9-10,20H2,1H3. The molecule has 0 amide bonds. The molecule has 1 aromatic carbocycles. The number of hydrazone groups is 1. The number of ether oxygens (including phenoxy) is 1. The highest BCUT2D eigenvalue weighted by molar-refractivity contribution is 5.90. The van der Waals surface area contributed by atoms with Gasteiger partial charge in [-0.15, -0.1) is 0 Å². The molecule has 1 aromatic rings. The number of anilines is 1. The number of allylic oxidation sites excluding steroid dienone is 1. The van der Waals surface area contributed by atoms with E-state index in [9.17, 15) is 5.26 Å². The van der Waals surface area contributed by atoms with E-state index in [-0.39, 0.29) is 23.4 Å². The van der Waals surface area contributed by atoms with Gasteiger partial charge in [0, 0.05) is 11.1 Å². The average Bonchev–Trinajstić information content (AvgIpc) is 3.14. The van der Waals surface area contributed by atoms with E-state index in [4.69, 9.17) is 15.6 Å². The third-order valence-corrected chi connectivity index (χ3v) is 5.46. The van der Waals surface area contributed by atoms with Gasteiger partial charge in [-0.05, 0) is 31.9 Å². The highest BCUT2D eigenvalue weighted by Gasteiger charge is 2.58. The number of para-hydroxylation sites is 1. The number of nitrogens with zero attached hydrogens (tertiary/aromatic N) is 3. The van der Waals surface area contributed by atoms with Crippen LogP contribution in [-0.2, 0) is 4.74 Å². The van der Waals surface area contributed by atoms with Crippen molar-refractivity contribution < 1.29 is 4.74 Å². The fourth-order valence-electron chi connectivity index (χ4n) is 4.54. The summed E-state index contributed by atoms with van der Waals surface area (Å²) in [5.74, 6) is 0.369. The molecule has 1 aliphatic carbocycles. The van der Waals surface area contributed by atoms with Crippen molar-refractivity contribution in [3.8, 4) is 6.07 Å². The maximum absolute atomic E-state index is 9.65. The Kier molecular flexibility index (Phi) is 3.08. The Bertz CT molecular complexity index is 725. The van der Waals surface area contributed by atoms with Crippen molar-refractivity contribution in [2.24, 2.45) is 22.2 Å². The average molecular weight is 308 g/mol. The minimum Gasteiger partial charge on any atom is -0.452 e. The van der Waals surface area contributed by atoms with Crippen LogP contribution in [0.2, 0.25) is 0 Å². The first-order valence-corrected chi connectivity index (χ1v) is 8.14. The van der Waals surface area contributed by atoms with E-state index in [0.29, 0.717) is 5.57 Å². The Labute approximate surface area is 136 Å². The van der Waals surface area contributed by atoms with E-state index < -0.39 is 0 Å². The molecule has 4 rings (SSSR count). The first-order chi connectivity index (χ1) is 11.2. The third kappa shape index (κ3) is 1.88. The number of rotatable bonds is 1. The van der Waals surface area contributed by atoms with Gasteiger partial charge >= 0.3 is 0 Å². The molecule has 0 bridgehead atoms. The summed E-state index contributed by atoms with van der Waals surface area (Å²) in [5, 5.41) is 16.3. The van der Waals surface area contributed by atoms with Gasteiger partial charge in [0.05, 0.1) is 17.2 Å². The maximum Gasteiger partial charge on any atom is 0.202 e. The van der Waals surface area contributed by atoms with E-state index in [1.165, 1.54) is 0 Å². The molecule has 1 spiro atoms. The molecule has 2 unspecified atom stereocenters. The quantitative estimate of drug-likeness (QED) is 0.865. The second kappa shape index (κ2) is 5.02. The molecule has 2 N–H and O–H groups in total. The number of hydrogen-bond acceptors (Lipinski definition) is 5. The van der Waals surface area contributed by atoms with E-state index in [1.807, 2.05) is 42.3 Å². The smallest absolute Gasteiger partial charge is 0.202 e. The molecule has 2 heterocycles. The van der Waals surface area contributed by atoms with Gasteiger partial charge in [-0.2, -0.15) is 10.4 Å². The molecular weight excluding hydrogens is 288 g/mol. The van der Waals surface area contributed by atoms with Gasteiger partial charge in [0.15, 0.2) is 0 Å². The van der Waals surface area contributed by atoms with Crippen LogP contribution < -0.4 is 10.7 Å². The summed E-state index contributed by atoms with van der Waals surface area (Å²) in [5.41, 5.74) is 8.57. The van der Waals surface area contributed by atoms with Crippen LogP contribution in [0, 0.1) is 22.7 Å². The molecule has 1 fully saturated rings. The van der Waals surface area contributed by atoms with Crippen molar-refractivity contribution in [2.45, 2.75) is 38.8 Å². The van der Waals surface area contributed by atoms with Gasteiger partial charge in [-0.1, -0.05) is 31.0 Å². The van der Waals surface area contributed by atoms with E-state index in [2.05, 4.69) is 6.07 Å². The van der Waals surface area contributed by atoms with Crippen LogP contribution in [0.15, 0.2) is 46.9 Å². The molecule has 0 radical (unpaired) electrons. The molecule has 5 nitrogen and oxygen atoms in total. The van der Waals surface area contributed by atoms with Crippen LogP contribution in [0.3, 0.4) is 0 Å². The number of nitriles is 1. The van der Waals surface area contributed by atoms with Crippen molar-refractivity contribution in [1.82, 2.24) is 0 Å². The molecule has 23 heavy (non-hydrogen) atoms. The van der Waals surface area contributed by atoms with E-state index in [1.54, 1.807) is 0 Å². The summed E-state index contributed by atoms with van der Waals surface area (Å²) in [6, 6.07) is 12.3. The zero-order chi connectivity index (χ0) is 16.0. The lowest BCUT2D eigenvalue weighted by Gasteiger charge is -2.43. The van der Waals surface area contributed by atoms with Gasteiger partial charge in [0.2, 0.25) is 12.1 Å². The van der Waals surface area contributed by atoms with E-state index >= 15 is 0 Å². The minimum atomic E-state index is -0.257. The zero-order valence-electron chi connectivity index (χ0n) is 13.2. The Morgan fingerprint density at radius 2 is 2.00 bits per heavy atom. The fourth-order valence-corrected chi connectivity index (χ4v) is 4.54. The lowest BCUT2D eigenvalue weighted by molar-refractivity contribution is 0.0189. The van der Waals surface area contributed by atoms with Gasteiger partial charge in [-0.25, -0.2) is 5.01 Å². The lowest BCUT2D eigenvalue weighted by atomic mass is 9.65. The second-order valence-electron chi connectivity index (χ2n) is 6.62. The fraction of sp³-hybridized carbons (Fsp3) is 0.444. The molecule has 0 aromatic heterocycles. The van der Waals surface area contributed by atoms with Gasteiger partial charge in [0.1, 0.15) is 6.07 Å². The molecule has 0 saturated heterocycles. The van der Waals surface area contributed by atoms with Gasteiger partial charge in [0.25, 0.3) is 0 Å². The maximum atomic E-state index is 9.65. The third-order valence-electron chi connectivity index (χ3n) is 5.46. The number of fused-ring (bicyclic) bond motifs is 2. The zero-order valence-corrected chi connectivity index (χ0v) is 13.2. The number of hydrogen-bond donors (Lipinski definition) is 1. The molecule has 118 valence electrons.